The normalized spacial score (nSPS) is 12.9. The predicted octanol–water partition coefficient (Wildman–Crippen LogP) is 2.29. The van der Waals surface area contributed by atoms with Gasteiger partial charge in [0, 0.05) is 6.54 Å². The average molecular weight is 282 g/mol. The van der Waals surface area contributed by atoms with Crippen LogP contribution >= 0.6 is 0 Å². The van der Waals surface area contributed by atoms with E-state index >= 15 is 0 Å². The molecule has 1 aromatic heterocycles. The highest BCUT2D eigenvalue weighted by Crippen LogP contribution is 2.27. The van der Waals surface area contributed by atoms with Gasteiger partial charge in [0.2, 0.25) is 0 Å². The largest absolute Gasteiger partial charge is 0.493 e. The first-order valence-corrected chi connectivity index (χ1v) is 7.61. The molecule has 1 unspecified atom stereocenters. The monoisotopic (exact) mass is 282 g/mol. The second kappa shape index (κ2) is 8.97. The molecule has 0 aliphatic rings. The van der Waals surface area contributed by atoms with E-state index in [0.717, 1.165) is 44.6 Å². The minimum absolute atomic E-state index is 0.293. The Bertz CT molecular complexity index is 376. The quantitative estimate of drug-likeness (QED) is 0.715. The van der Waals surface area contributed by atoms with Gasteiger partial charge in [-0.3, -0.25) is 4.68 Å². The molecule has 0 fully saturated rings. The van der Waals surface area contributed by atoms with Crippen molar-refractivity contribution in [3.05, 3.63) is 11.9 Å². The molecule has 5 nitrogen and oxygen atoms in total. The van der Waals surface area contributed by atoms with Crippen molar-refractivity contribution in [2.45, 2.75) is 45.7 Å². The molecule has 0 aromatic carbocycles. The van der Waals surface area contributed by atoms with Crippen LogP contribution in [-0.2, 0) is 6.54 Å². The van der Waals surface area contributed by atoms with Crippen LogP contribution in [0.4, 0.5) is 0 Å². The van der Waals surface area contributed by atoms with Gasteiger partial charge in [-0.15, -0.1) is 0 Å². The van der Waals surface area contributed by atoms with Crippen LogP contribution in [0.1, 0.15) is 44.8 Å². The SMILES string of the molecule is CCCNC(CCN(C)C)c1c(OC)cnn1CCC. The maximum Gasteiger partial charge on any atom is 0.161 e. The summed E-state index contributed by atoms with van der Waals surface area (Å²) in [5.41, 5.74) is 1.18. The van der Waals surface area contributed by atoms with E-state index in [1.165, 1.54) is 5.69 Å². The van der Waals surface area contributed by atoms with Crippen LogP contribution in [-0.4, -0.2) is 49.0 Å². The number of methoxy groups -OCH3 is 1. The van der Waals surface area contributed by atoms with Gasteiger partial charge in [0.25, 0.3) is 0 Å². The molecule has 1 rings (SSSR count). The van der Waals surface area contributed by atoms with Gasteiger partial charge in [0.15, 0.2) is 5.75 Å². The number of nitrogens with zero attached hydrogens (tertiary/aromatic N) is 3. The Morgan fingerprint density at radius 2 is 2.10 bits per heavy atom. The fourth-order valence-corrected chi connectivity index (χ4v) is 2.32. The van der Waals surface area contributed by atoms with Crippen molar-refractivity contribution in [3.8, 4) is 5.75 Å². The summed E-state index contributed by atoms with van der Waals surface area (Å²) in [6.07, 6.45) is 5.09. The molecule has 0 radical (unpaired) electrons. The van der Waals surface area contributed by atoms with Gasteiger partial charge in [0.1, 0.15) is 0 Å². The number of aromatic nitrogens is 2. The fourth-order valence-electron chi connectivity index (χ4n) is 2.32. The van der Waals surface area contributed by atoms with E-state index in [9.17, 15) is 0 Å². The zero-order chi connectivity index (χ0) is 15.0. The van der Waals surface area contributed by atoms with Crippen LogP contribution in [0.5, 0.6) is 5.75 Å². The molecule has 0 aliphatic carbocycles. The zero-order valence-electron chi connectivity index (χ0n) is 13.6. The van der Waals surface area contributed by atoms with E-state index < -0.39 is 0 Å². The van der Waals surface area contributed by atoms with Crippen molar-refractivity contribution in [3.63, 3.8) is 0 Å². The first kappa shape index (κ1) is 17.0. The maximum absolute atomic E-state index is 5.50. The summed E-state index contributed by atoms with van der Waals surface area (Å²) in [6.45, 7) is 7.36. The summed E-state index contributed by atoms with van der Waals surface area (Å²) in [7, 11) is 5.94. The Morgan fingerprint density at radius 3 is 2.65 bits per heavy atom. The molecular weight excluding hydrogens is 252 g/mol. The lowest BCUT2D eigenvalue weighted by molar-refractivity contribution is 0.339. The number of nitrogens with one attached hydrogen (secondary N) is 1. The second-order valence-electron chi connectivity index (χ2n) is 5.42. The van der Waals surface area contributed by atoms with Crippen molar-refractivity contribution in [2.24, 2.45) is 0 Å². The topological polar surface area (TPSA) is 42.3 Å². The highest BCUT2D eigenvalue weighted by Gasteiger charge is 2.21. The summed E-state index contributed by atoms with van der Waals surface area (Å²) < 4.78 is 7.59. The zero-order valence-corrected chi connectivity index (χ0v) is 13.6. The molecule has 0 saturated heterocycles. The average Bonchev–Trinajstić information content (AvgIpc) is 2.82. The number of rotatable bonds is 10. The number of hydrogen-bond acceptors (Lipinski definition) is 4. The summed E-state index contributed by atoms with van der Waals surface area (Å²) >= 11 is 0. The Balaban J connectivity index is 2.93. The minimum Gasteiger partial charge on any atom is -0.493 e. The molecule has 20 heavy (non-hydrogen) atoms. The molecule has 5 heteroatoms. The lowest BCUT2D eigenvalue weighted by atomic mass is 10.1. The van der Waals surface area contributed by atoms with E-state index in [1.54, 1.807) is 7.11 Å². The van der Waals surface area contributed by atoms with Gasteiger partial charge >= 0.3 is 0 Å². The Labute approximate surface area is 123 Å². The summed E-state index contributed by atoms with van der Waals surface area (Å²) in [6, 6.07) is 0.293. The van der Waals surface area contributed by atoms with E-state index in [2.05, 4.69) is 47.9 Å². The standard InChI is InChI=1S/C15H30N4O/c1-6-9-16-13(8-11-18(3)4)15-14(20-5)12-17-19(15)10-7-2/h12-13,16H,6-11H2,1-5H3. The minimum atomic E-state index is 0.293. The number of ether oxygens (including phenoxy) is 1. The molecule has 116 valence electrons. The van der Waals surface area contributed by atoms with E-state index in [0.29, 0.717) is 6.04 Å². The summed E-state index contributed by atoms with van der Waals surface area (Å²) in [5, 5.41) is 8.10. The van der Waals surface area contributed by atoms with Crippen LogP contribution in [0.25, 0.3) is 0 Å². The van der Waals surface area contributed by atoms with Crippen LogP contribution in [0.3, 0.4) is 0 Å². The summed E-state index contributed by atoms with van der Waals surface area (Å²) in [4.78, 5) is 2.22. The van der Waals surface area contributed by atoms with E-state index in [-0.39, 0.29) is 0 Å². The van der Waals surface area contributed by atoms with Crippen LogP contribution in [0.2, 0.25) is 0 Å². The van der Waals surface area contributed by atoms with E-state index in [1.807, 2.05) is 6.20 Å². The third kappa shape index (κ3) is 4.80. The first-order chi connectivity index (χ1) is 9.63. The van der Waals surface area contributed by atoms with Crippen LogP contribution in [0, 0.1) is 0 Å². The van der Waals surface area contributed by atoms with Crippen LogP contribution in [0.15, 0.2) is 6.20 Å². The molecule has 0 spiro atoms. The fraction of sp³-hybridized carbons (Fsp3) is 0.800. The highest BCUT2D eigenvalue weighted by atomic mass is 16.5. The molecule has 1 heterocycles. The van der Waals surface area contributed by atoms with E-state index in [4.69, 9.17) is 4.74 Å². The van der Waals surface area contributed by atoms with Gasteiger partial charge in [-0.25, -0.2) is 0 Å². The van der Waals surface area contributed by atoms with Crippen molar-refractivity contribution in [1.29, 1.82) is 0 Å². The molecule has 1 atom stereocenters. The lowest BCUT2D eigenvalue weighted by Gasteiger charge is -2.22. The maximum atomic E-state index is 5.50. The third-order valence-corrected chi connectivity index (χ3v) is 3.34. The molecular formula is C15H30N4O. The van der Waals surface area contributed by atoms with Crippen molar-refractivity contribution < 1.29 is 4.74 Å². The number of hydrogen-bond donors (Lipinski definition) is 1. The van der Waals surface area contributed by atoms with Crippen molar-refractivity contribution >= 4 is 0 Å². The smallest absolute Gasteiger partial charge is 0.161 e. The Hall–Kier alpha value is -1.07. The Morgan fingerprint density at radius 1 is 1.35 bits per heavy atom. The van der Waals surface area contributed by atoms with Gasteiger partial charge in [-0.1, -0.05) is 13.8 Å². The van der Waals surface area contributed by atoms with Gasteiger partial charge in [-0.05, 0) is 46.4 Å². The predicted molar refractivity (Wildman–Crippen MR) is 83.3 cm³/mol. The van der Waals surface area contributed by atoms with Gasteiger partial charge < -0.3 is 15.0 Å². The molecule has 1 aromatic rings. The van der Waals surface area contributed by atoms with Crippen LogP contribution < -0.4 is 10.1 Å². The molecule has 0 saturated carbocycles. The first-order valence-electron chi connectivity index (χ1n) is 7.61. The molecule has 1 N–H and O–H groups in total. The highest BCUT2D eigenvalue weighted by molar-refractivity contribution is 5.28. The molecule has 0 amide bonds. The van der Waals surface area contributed by atoms with Crippen molar-refractivity contribution in [1.82, 2.24) is 20.0 Å². The van der Waals surface area contributed by atoms with Gasteiger partial charge in [0.05, 0.1) is 25.0 Å². The molecule has 0 aliphatic heterocycles. The summed E-state index contributed by atoms with van der Waals surface area (Å²) in [5.74, 6) is 0.894. The lowest BCUT2D eigenvalue weighted by Crippen LogP contribution is -2.28. The number of aryl methyl sites for hydroxylation is 1. The van der Waals surface area contributed by atoms with Gasteiger partial charge in [-0.2, -0.15) is 5.10 Å². The Kier molecular flexibility index (Phi) is 7.62. The molecule has 0 bridgehead atoms. The third-order valence-electron chi connectivity index (χ3n) is 3.34. The van der Waals surface area contributed by atoms with Crippen molar-refractivity contribution in [2.75, 3.05) is 34.3 Å². The second-order valence-corrected chi connectivity index (χ2v) is 5.42.